The smallest absolute Gasteiger partial charge is 0.293 e. The third-order valence-corrected chi connectivity index (χ3v) is 3.76. The van der Waals surface area contributed by atoms with Gasteiger partial charge in [-0.25, -0.2) is 0 Å². The predicted octanol–water partition coefficient (Wildman–Crippen LogP) is 1.88. The molecule has 0 saturated carbocycles. The van der Waals surface area contributed by atoms with Gasteiger partial charge in [0, 0.05) is 32.3 Å². The van der Waals surface area contributed by atoms with E-state index in [1.807, 2.05) is 13.0 Å². The van der Waals surface area contributed by atoms with E-state index in [-0.39, 0.29) is 5.69 Å². The number of ether oxygens (including phenoxy) is 1. The molecule has 0 aromatic heterocycles. The van der Waals surface area contributed by atoms with Crippen molar-refractivity contribution in [1.82, 2.24) is 4.90 Å². The Hall–Kier alpha value is -1.70. The van der Waals surface area contributed by atoms with Gasteiger partial charge in [-0.2, -0.15) is 0 Å². The molecule has 0 aliphatic carbocycles. The van der Waals surface area contributed by atoms with Gasteiger partial charge in [0.1, 0.15) is 5.69 Å². The van der Waals surface area contributed by atoms with Gasteiger partial charge in [-0.15, -0.1) is 0 Å². The number of hydrazine groups is 1. The van der Waals surface area contributed by atoms with Crippen LogP contribution in [0.25, 0.3) is 0 Å². The minimum absolute atomic E-state index is 0.0132. The molecule has 2 rings (SSSR count). The minimum atomic E-state index is -0.417. The van der Waals surface area contributed by atoms with Crippen molar-refractivity contribution >= 4 is 11.4 Å². The highest BCUT2D eigenvalue weighted by molar-refractivity contribution is 5.61. The number of piperidine rings is 1. The first-order chi connectivity index (χ1) is 10.1. The summed E-state index contributed by atoms with van der Waals surface area (Å²) in [6, 6.07) is 5.11. The molecule has 0 bridgehead atoms. The third kappa shape index (κ3) is 4.13. The number of nitrogens with one attached hydrogen (secondary N) is 1. The number of nitro benzene ring substituents is 1. The normalized spacial score (nSPS) is 16.9. The zero-order chi connectivity index (χ0) is 15.2. The van der Waals surface area contributed by atoms with E-state index in [0.717, 1.165) is 38.1 Å². The van der Waals surface area contributed by atoms with Crippen LogP contribution in [0.2, 0.25) is 0 Å². The Bertz CT molecular complexity index is 487. The molecule has 7 nitrogen and oxygen atoms in total. The van der Waals surface area contributed by atoms with Crippen LogP contribution in [0.15, 0.2) is 18.2 Å². The second kappa shape index (κ2) is 7.35. The maximum Gasteiger partial charge on any atom is 0.293 e. The van der Waals surface area contributed by atoms with Gasteiger partial charge >= 0.3 is 0 Å². The number of anilines is 1. The number of rotatable bonds is 6. The third-order valence-electron chi connectivity index (χ3n) is 3.76. The number of hydrogen-bond acceptors (Lipinski definition) is 6. The number of nitrogens with two attached hydrogens (primary N) is 1. The Morgan fingerprint density at radius 3 is 2.76 bits per heavy atom. The molecule has 1 saturated heterocycles. The minimum Gasteiger partial charge on any atom is -0.378 e. The highest BCUT2D eigenvalue weighted by Crippen LogP contribution is 2.26. The summed E-state index contributed by atoms with van der Waals surface area (Å²) in [4.78, 5) is 12.9. The lowest BCUT2D eigenvalue weighted by Gasteiger charge is -2.31. The van der Waals surface area contributed by atoms with E-state index in [2.05, 4.69) is 10.3 Å². The summed E-state index contributed by atoms with van der Waals surface area (Å²) in [5.74, 6) is 5.29. The fraction of sp³-hybridized carbons (Fsp3) is 0.571. The van der Waals surface area contributed by atoms with Crippen LogP contribution in [-0.2, 0) is 11.3 Å². The highest BCUT2D eigenvalue weighted by Gasteiger charge is 2.20. The summed E-state index contributed by atoms with van der Waals surface area (Å²) in [6.07, 6.45) is 2.38. The number of nitrogen functional groups attached to an aromatic ring is 1. The van der Waals surface area contributed by atoms with Crippen molar-refractivity contribution < 1.29 is 9.66 Å². The predicted molar refractivity (Wildman–Crippen MR) is 80.8 cm³/mol. The van der Waals surface area contributed by atoms with E-state index in [4.69, 9.17) is 10.6 Å². The average Bonchev–Trinajstić information content (AvgIpc) is 2.49. The van der Waals surface area contributed by atoms with Gasteiger partial charge < -0.3 is 10.2 Å². The summed E-state index contributed by atoms with van der Waals surface area (Å²) >= 11 is 0. The Morgan fingerprint density at radius 1 is 1.48 bits per heavy atom. The van der Waals surface area contributed by atoms with Gasteiger partial charge in [0.25, 0.3) is 5.69 Å². The Labute approximate surface area is 124 Å². The lowest BCUT2D eigenvalue weighted by atomic mass is 10.1. The van der Waals surface area contributed by atoms with E-state index in [0.29, 0.717) is 18.3 Å². The number of nitrogens with zero attached hydrogens (tertiary/aromatic N) is 2. The number of nitro groups is 1. The van der Waals surface area contributed by atoms with Crippen LogP contribution < -0.4 is 11.3 Å². The molecule has 0 unspecified atom stereocenters. The van der Waals surface area contributed by atoms with E-state index in [1.54, 1.807) is 12.1 Å². The molecule has 21 heavy (non-hydrogen) atoms. The van der Waals surface area contributed by atoms with Gasteiger partial charge in [-0.05, 0) is 31.4 Å². The van der Waals surface area contributed by atoms with Gasteiger partial charge in [0.2, 0.25) is 0 Å². The van der Waals surface area contributed by atoms with Crippen LogP contribution in [0.5, 0.6) is 0 Å². The largest absolute Gasteiger partial charge is 0.378 e. The monoisotopic (exact) mass is 294 g/mol. The van der Waals surface area contributed by atoms with Crippen LogP contribution in [0.1, 0.15) is 25.3 Å². The standard InChI is InChI=1S/C14H22N4O3/c1-2-21-12-5-7-17(8-6-12)10-11-3-4-13(16-15)14(9-11)18(19)20/h3-4,9,12,16H,2,5-8,10,15H2,1H3. The van der Waals surface area contributed by atoms with Crippen molar-refractivity contribution in [3.05, 3.63) is 33.9 Å². The van der Waals surface area contributed by atoms with E-state index >= 15 is 0 Å². The second-order valence-corrected chi connectivity index (χ2v) is 5.18. The average molecular weight is 294 g/mol. The zero-order valence-electron chi connectivity index (χ0n) is 12.2. The molecular formula is C14H22N4O3. The summed E-state index contributed by atoms with van der Waals surface area (Å²) in [6.45, 7) is 5.39. The molecule has 0 atom stereocenters. The number of likely N-dealkylation sites (tertiary alicyclic amines) is 1. The van der Waals surface area contributed by atoms with Crippen LogP contribution in [0.3, 0.4) is 0 Å². The Morgan fingerprint density at radius 2 is 2.19 bits per heavy atom. The van der Waals surface area contributed by atoms with E-state index in [9.17, 15) is 10.1 Å². The molecular weight excluding hydrogens is 272 g/mol. The van der Waals surface area contributed by atoms with Crippen molar-refractivity contribution in [2.24, 2.45) is 5.84 Å². The first-order valence-electron chi connectivity index (χ1n) is 7.22. The molecule has 1 aromatic rings. The van der Waals surface area contributed by atoms with Crippen LogP contribution in [-0.4, -0.2) is 35.6 Å². The molecule has 0 spiro atoms. The summed E-state index contributed by atoms with van der Waals surface area (Å²) in [5.41, 5.74) is 3.63. The molecule has 0 radical (unpaired) electrons. The Kier molecular flexibility index (Phi) is 5.49. The summed E-state index contributed by atoms with van der Waals surface area (Å²) < 4.78 is 5.62. The van der Waals surface area contributed by atoms with Crippen LogP contribution >= 0.6 is 0 Å². The molecule has 3 N–H and O–H groups in total. The van der Waals surface area contributed by atoms with E-state index < -0.39 is 4.92 Å². The van der Waals surface area contributed by atoms with Crippen molar-refractivity contribution in [2.45, 2.75) is 32.4 Å². The lowest BCUT2D eigenvalue weighted by Crippen LogP contribution is -2.36. The zero-order valence-corrected chi connectivity index (χ0v) is 12.2. The van der Waals surface area contributed by atoms with Gasteiger partial charge in [-0.3, -0.25) is 20.9 Å². The van der Waals surface area contributed by atoms with Crippen LogP contribution in [0.4, 0.5) is 11.4 Å². The molecule has 0 amide bonds. The SMILES string of the molecule is CCOC1CCN(Cc2ccc(NN)c([N+](=O)[O-])c2)CC1. The number of hydrogen-bond donors (Lipinski definition) is 2. The fourth-order valence-electron chi connectivity index (χ4n) is 2.68. The van der Waals surface area contributed by atoms with Crippen LogP contribution in [0, 0.1) is 10.1 Å². The second-order valence-electron chi connectivity index (χ2n) is 5.18. The molecule has 1 aromatic carbocycles. The van der Waals surface area contributed by atoms with E-state index in [1.165, 1.54) is 0 Å². The molecule has 7 heteroatoms. The summed E-state index contributed by atoms with van der Waals surface area (Å²) in [5, 5.41) is 11.0. The molecule has 1 aliphatic rings. The molecule has 1 heterocycles. The van der Waals surface area contributed by atoms with Gasteiger partial charge in [0.05, 0.1) is 11.0 Å². The number of benzene rings is 1. The maximum atomic E-state index is 11.0. The maximum absolute atomic E-state index is 11.0. The summed E-state index contributed by atoms with van der Waals surface area (Å²) in [7, 11) is 0. The molecule has 1 aliphatic heterocycles. The highest BCUT2D eigenvalue weighted by atomic mass is 16.6. The van der Waals surface area contributed by atoms with Gasteiger partial charge in [-0.1, -0.05) is 6.07 Å². The fourth-order valence-corrected chi connectivity index (χ4v) is 2.68. The first-order valence-corrected chi connectivity index (χ1v) is 7.22. The first kappa shape index (κ1) is 15.7. The topological polar surface area (TPSA) is 93.7 Å². The lowest BCUT2D eigenvalue weighted by molar-refractivity contribution is -0.384. The van der Waals surface area contributed by atoms with Gasteiger partial charge in [0.15, 0.2) is 0 Å². The van der Waals surface area contributed by atoms with Crippen molar-refractivity contribution in [2.75, 3.05) is 25.1 Å². The van der Waals surface area contributed by atoms with Crippen molar-refractivity contribution in [3.63, 3.8) is 0 Å². The van der Waals surface area contributed by atoms with Crippen molar-refractivity contribution in [1.29, 1.82) is 0 Å². The Balaban J connectivity index is 1.97. The molecule has 1 fully saturated rings. The van der Waals surface area contributed by atoms with Crippen molar-refractivity contribution in [3.8, 4) is 0 Å². The quantitative estimate of drug-likeness (QED) is 0.472. The molecule has 116 valence electrons.